The monoisotopic (exact) mass is 306 g/mol. The minimum Gasteiger partial charge on any atom is -0.469 e. The van der Waals surface area contributed by atoms with Crippen molar-refractivity contribution >= 4 is 11.9 Å². The number of rotatable bonds is 8. The van der Waals surface area contributed by atoms with Crippen LogP contribution in [-0.4, -0.2) is 43.5 Å². The van der Waals surface area contributed by atoms with E-state index in [0.717, 1.165) is 5.56 Å². The third kappa shape index (κ3) is 5.85. The van der Waals surface area contributed by atoms with Gasteiger partial charge in [-0.05, 0) is 19.0 Å². The summed E-state index contributed by atoms with van der Waals surface area (Å²) < 4.78 is 4.72. The van der Waals surface area contributed by atoms with Gasteiger partial charge >= 0.3 is 5.97 Å². The van der Waals surface area contributed by atoms with Gasteiger partial charge in [-0.1, -0.05) is 44.2 Å². The number of hydrogen-bond donors (Lipinski definition) is 1. The molecular formula is C17H26N2O3. The van der Waals surface area contributed by atoms with Gasteiger partial charge in [0.2, 0.25) is 5.91 Å². The van der Waals surface area contributed by atoms with Gasteiger partial charge in [0.05, 0.1) is 25.6 Å². The Morgan fingerprint density at radius 3 is 2.41 bits per heavy atom. The molecule has 0 bridgehead atoms. The van der Waals surface area contributed by atoms with Crippen LogP contribution in [0.2, 0.25) is 0 Å². The van der Waals surface area contributed by atoms with Crippen LogP contribution < -0.4 is 5.32 Å². The lowest BCUT2D eigenvalue weighted by Crippen LogP contribution is -2.41. The predicted octanol–water partition coefficient (Wildman–Crippen LogP) is 1.99. The number of carbonyl (C=O) groups excluding carboxylic acids is 2. The molecule has 1 aromatic carbocycles. The summed E-state index contributed by atoms with van der Waals surface area (Å²) in [6.45, 7) is 7.22. The van der Waals surface area contributed by atoms with Crippen molar-refractivity contribution in [1.82, 2.24) is 10.2 Å². The quantitative estimate of drug-likeness (QED) is 0.746. The van der Waals surface area contributed by atoms with Crippen LogP contribution in [0.5, 0.6) is 0 Å². The van der Waals surface area contributed by atoms with Crippen molar-refractivity contribution in [3.8, 4) is 0 Å². The van der Waals surface area contributed by atoms with Crippen molar-refractivity contribution in [1.29, 1.82) is 0 Å². The number of nitrogens with zero attached hydrogens (tertiary/aromatic N) is 1. The van der Waals surface area contributed by atoms with Crippen LogP contribution in [0.1, 0.15) is 32.4 Å². The number of methoxy groups -OCH3 is 1. The Bertz CT molecular complexity index is 476. The Morgan fingerprint density at radius 1 is 1.23 bits per heavy atom. The van der Waals surface area contributed by atoms with E-state index in [1.165, 1.54) is 7.11 Å². The van der Waals surface area contributed by atoms with Crippen molar-refractivity contribution < 1.29 is 14.3 Å². The molecule has 0 aliphatic rings. The number of amides is 1. The highest BCUT2D eigenvalue weighted by molar-refractivity contribution is 5.78. The third-order valence-corrected chi connectivity index (χ3v) is 3.63. The maximum Gasteiger partial charge on any atom is 0.309 e. The van der Waals surface area contributed by atoms with Gasteiger partial charge in [-0.25, -0.2) is 0 Å². The molecule has 0 heterocycles. The molecule has 22 heavy (non-hydrogen) atoms. The van der Waals surface area contributed by atoms with Gasteiger partial charge in [0.25, 0.3) is 0 Å². The number of benzene rings is 1. The first-order valence-electron chi connectivity index (χ1n) is 7.62. The molecule has 2 atom stereocenters. The fourth-order valence-corrected chi connectivity index (χ4v) is 2.28. The second kappa shape index (κ2) is 9.20. The normalized spacial score (nSPS) is 13.5. The van der Waals surface area contributed by atoms with E-state index in [2.05, 4.69) is 5.32 Å². The van der Waals surface area contributed by atoms with Gasteiger partial charge in [-0.2, -0.15) is 0 Å². The summed E-state index contributed by atoms with van der Waals surface area (Å²) in [6, 6.07) is 9.79. The second-order valence-electron chi connectivity index (χ2n) is 5.45. The number of hydrogen-bond acceptors (Lipinski definition) is 4. The maximum absolute atomic E-state index is 12.1. The van der Waals surface area contributed by atoms with Crippen LogP contribution in [0.25, 0.3) is 0 Å². The number of carbonyl (C=O) groups is 2. The van der Waals surface area contributed by atoms with Crippen molar-refractivity contribution in [3.63, 3.8) is 0 Å². The van der Waals surface area contributed by atoms with Gasteiger partial charge in [0.1, 0.15) is 0 Å². The van der Waals surface area contributed by atoms with E-state index < -0.39 is 0 Å². The predicted molar refractivity (Wildman–Crippen MR) is 86.3 cm³/mol. The number of likely N-dealkylation sites (N-methyl/N-ethyl adjacent to an activating group) is 1. The Morgan fingerprint density at radius 2 is 1.86 bits per heavy atom. The Balaban J connectivity index is 2.49. The molecule has 0 aliphatic carbocycles. The highest BCUT2D eigenvalue weighted by Gasteiger charge is 2.19. The fourth-order valence-electron chi connectivity index (χ4n) is 2.28. The molecule has 1 N–H and O–H groups in total. The largest absolute Gasteiger partial charge is 0.469 e. The van der Waals surface area contributed by atoms with Crippen LogP contribution in [0.15, 0.2) is 30.3 Å². The summed E-state index contributed by atoms with van der Waals surface area (Å²) in [5.41, 5.74) is 1.07. The van der Waals surface area contributed by atoms with Gasteiger partial charge in [0, 0.05) is 6.54 Å². The van der Waals surface area contributed by atoms with Crippen LogP contribution in [0.4, 0.5) is 0 Å². The lowest BCUT2D eigenvalue weighted by Gasteiger charge is -2.23. The van der Waals surface area contributed by atoms with Crippen LogP contribution in [0, 0.1) is 5.92 Å². The lowest BCUT2D eigenvalue weighted by atomic mass is 10.1. The molecule has 0 fully saturated rings. The third-order valence-electron chi connectivity index (χ3n) is 3.63. The smallest absolute Gasteiger partial charge is 0.309 e. The first-order valence-corrected chi connectivity index (χ1v) is 7.62. The first-order chi connectivity index (χ1) is 10.5. The first kappa shape index (κ1) is 18.2. The number of esters is 1. The average molecular weight is 306 g/mol. The van der Waals surface area contributed by atoms with Gasteiger partial charge in [0.15, 0.2) is 0 Å². The van der Waals surface area contributed by atoms with Crippen molar-refractivity contribution in [2.75, 3.05) is 26.7 Å². The SMILES string of the molecule is CCN(CC(=O)N[C@H](C)c1ccccc1)C[C@H](C)C(=O)OC. The van der Waals surface area contributed by atoms with Gasteiger partial charge in [-0.3, -0.25) is 14.5 Å². The Kier molecular flexibility index (Phi) is 7.60. The van der Waals surface area contributed by atoms with E-state index in [-0.39, 0.29) is 30.4 Å². The number of nitrogens with one attached hydrogen (secondary N) is 1. The molecule has 0 spiro atoms. The van der Waals surface area contributed by atoms with Crippen molar-refractivity contribution in [2.45, 2.75) is 26.8 Å². The summed E-state index contributed by atoms with van der Waals surface area (Å²) in [5.74, 6) is -0.545. The zero-order chi connectivity index (χ0) is 16.5. The molecule has 5 heteroatoms. The van der Waals surface area contributed by atoms with E-state index in [4.69, 9.17) is 4.74 Å². The second-order valence-corrected chi connectivity index (χ2v) is 5.45. The highest BCUT2D eigenvalue weighted by atomic mass is 16.5. The molecule has 0 unspecified atom stereocenters. The van der Waals surface area contributed by atoms with E-state index in [9.17, 15) is 9.59 Å². The van der Waals surface area contributed by atoms with Crippen molar-refractivity contribution in [3.05, 3.63) is 35.9 Å². The maximum atomic E-state index is 12.1. The molecule has 122 valence electrons. The summed E-state index contributed by atoms with van der Waals surface area (Å²) in [5, 5.41) is 2.98. The summed E-state index contributed by atoms with van der Waals surface area (Å²) in [6.07, 6.45) is 0. The van der Waals surface area contributed by atoms with E-state index >= 15 is 0 Å². The molecule has 5 nitrogen and oxygen atoms in total. The van der Waals surface area contributed by atoms with Crippen LogP contribution in [0.3, 0.4) is 0 Å². The van der Waals surface area contributed by atoms with Crippen LogP contribution in [-0.2, 0) is 14.3 Å². The molecule has 0 saturated carbocycles. The average Bonchev–Trinajstić information content (AvgIpc) is 2.53. The zero-order valence-corrected chi connectivity index (χ0v) is 13.8. The molecule has 1 amide bonds. The molecule has 0 aromatic heterocycles. The summed E-state index contributed by atoms with van der Waals surface area (Å²) in [7, 11) is 1.38. The van der Waals surface area contributed by atoms with Gasteiger partial charge in [-0.15, -0.1) is 0 Å². The minimum absolute atomic E-state index is 0.0366. The molecule has 1 aromatic rings. The Hall–Kier alpha value is -1.88. The molecule has 0 saturated heterocycles. The highest BCUT2D eigenvalue weighted by Crippen LogP contribution is 2.11. The fraction of sp³-hybridized carbons (Fsp3) is 0.529. The molecule has 1 rings (SSSR count). The van der Waals surface area contributed by atoms with Crippen molar-refractivity contribution in [2.24, 2.45) is 5.92 Å². The summed E-state index contributed by atoms with van der Waals surface area (Å²) in [4.78, 5) is 25.5. The topological polar surface area (TPSA) is 58.6 Å². The molecule has 0 radical (unpaired) electrons. The van der Waals surface area contributed by atoms with E-state index in [1.807, 2.05) is 49.1 Å². The molecular weight excluding hydrogens is 280 g/mol. The van der Waals surface area contributed by atoms with E-state index in [0.29, 0.717) is 13.1 Å². The summed E-state index contributed by atoms with van der Waals surface area (Å²) >= 11 is 0. The Labute approximate surface area is 132 Å². The van der Waals surface area contributed by atoms with E-state index in [1.54, 1.807) is 6.92 Å². The lowest BCUT2D eigenvalue weighted by molar-refractivity contribution is -0.145. The number of ether oxygens (including phenoxy) is 1. The zero-order valence-electron chi connectivity index (χ0n) is 13.8. The minimum atomic E-state index is -0.253. The molecule has 0 aliphatic heterocycles. The standard InChI is InChI=1S/C17H26N2O3/c1-5-19(11-13(2)17(21)22-4)12-16(20)18-14(3)15-9-7-6-8-10-15/h6-10,13-14H,5,11-12H2,1-4H3,(H,18,20)/t13-,14+/m0/s1. The van der Waals surface area contributed by atoms with Gasteiger partial charge < -0.3 is 10.1 Å². The van der Waals surface area contributed by atoms with Crippen LogP contribution >= 0.6 is 0 Å².